The number of nitrogens with zero attached hydrogens (tertiary/aromatic N) is 1. The molecule has 0 unspecified atom stereocenters. The molecule has 0 radical (unpaired) electrons. The Morgan fingerprint density at radius 3 is 2.72 bits per heavy atom. The highest BCUT2D eigenvalue weighted by atomic mass is 79.9. The molecule has 2 N–H and O–H groups in total. The van der Waals surface area contributed by atoms with Crippen LogP contribution in [-0.4, -0.2) is 4.98 Å². The molecule has 0 atom stereocenters. The van der Waals surface area contributed by atoms with Crippen molar-refractivity contribution in [2.45, 2.75) is 6.61 Å². The summed E-state index contributed by atoms with van der Waals surface area (Å²) in [5.41, 5.74) is 6.07. The lowest BCUT2D eigenvalue weighted by molar-refractivity contribution is 0.276. The minimum Gasteiger partial charge on any atom is -0.471 e. The molecular weight excluding hydrogens is 306 g/mol. The first kappa shape index (κ1) is 12.8. The van der Waals surface area contributed by atoms with Crippen molar-refractivity contribution >= 4 is 21.7 Å². The summed E-state index contributed by atoms with van der Waals surface area (Å²) in [7, 11) is 0. The standard InChI is InChI=1S/C12H9BrF2N2O/c13-8-3-1-2-7(4-8)6-18-12-10(15)5-9(14)11(16)17-12/h1-5H,6H2,(H2,16,17). The van der Waals surface area contributed by atoms with E-state index in [-0.39, 0.29) is 18.3 Å². The van der Waals surface area contributed by atoms with Crippen molar-refractivity contribution < 1.29 is 13.5 Å². The lowest BCUT2D eigenvalue weighted by Gasteiger charge is -2.07. The molecule has 18 heavy (non-hydrogen) atoms. The first-order chi connectivity index (χ1) is 8.56. The zero-order valence-corrected chi connectivity index (χ0v) is 10.7. The largest absolute Gasteiger partial charge is 0.471 e. The number of nitrogens with two attached hydrogens (primary N) is 1. The van der Waals surface area contributed by atoms with Gasteiger partial charge in [-0.05, 0) is 17.7 Å². The minimum atomic E-state index is -0.901. The molecule has 94 valence electrons. The highest BCUT2D eigenvalue weighted by Gasteiger charge is 2.11. The lowest BCUT2D eigenvalue weighted by atomic mass is 10.2. The minimum absolute atomic E-state index is 0.119. The molecule has 0 saturated heterocycles. The molecule has 1 aromatic carbocycles. The Hall–Kier alpha value is -1.69. The number of hydrogen-bond acceptors (Lipinski definition) is 3. The Labute approximate surface area is 111 Å². The Morgan fingerprint density at radius 1 is 1.22 bits per heavy atom. The number of benzene rings is 1. The predicted octanol–water partition coefficient (Wildman–Crippen LogP) is 3.28. The van der Waals surface area contributed by atoms with E-state index in [1.54, 1.807) is 0 Å². The van der Waals surface area contributed by atoms with Crippen molar-refractivity contribution in [1.82, 2.24) is 4.98 Å². The average Bonchev–Trinajstić information content (AvgIpc) is 2.32. The van der Waals surface area contributed by atoms with Crippen LogP contribution in [0.3, 0.4) is 0 Å². The van der Waals surface area contributed by atoms with Gasteiger partial charge in [0.2, 0.25) is 0 Å². The zero-order chi connectivity index (χ0) is 13.1. The third-order valence-electron chi connectivity index (χ3n) is 2.19. The van der Waals surface area contributed by atoms with Crippen LogP contribution in [0.1, 0.15) is 5.56 Å². The van der Waals surface area contributed by atoms with Gasteiger partial charge in [-0.2, -0.15) is 4.98 Å². The summed E-state index contributed by atoms with van der Waals surface area (Å²) in [6, 6.07) is 7.97. The molecule has 0 aliphatic carbocycles. The van der Waals surface area contributed by atoms with E-state index in [0.717, 1.165) is 10.0 Å². The predicted molar refractivity (Wildman–Crippen MR) is 67.0 cm³/mol. The molecule has 0 saturated carbocycles. The van der Waals surface area contributed by atoms with E-state index in [1.807, 2.05) is 24.3 Å². The molecule has 0 spiro atoms. The second kappa shape index (κ2) is 5.30. The zero-order valence-electron chi connectivity index (χ0n) is 9.16. The average molecular weight is 315 g/mol. The van der Waals surface area contributed by atoms with Gasteiger partial charge in [0.25, 0.3) is 5.88 Å². The first-order valence-electron chi connectivity index (χ1n) is 5.05. The van der Waals surface area contributed by atoms with Gasteiger partial charge < -0.3 is 10.5 Å². The van der Waals surface area contributed by atoms with Crippen molar-refractivity contribution in [3.05, 3.63) is 52.0 Å². The summed E-state index contributed by atoms with van der Waals surface area (Å²) in [5, 5.41) is 0. The summed E-state index contributed by atoms with van der Waals surface area (Å²) in [5.74, 6) is -2.48. The van der Waals surface area contributed by atoms with Gasteiger partial charge in [0.1, 0.15) is 6.61 Å². The highest BCUT2D eigenvalue weighted by Crippen LogP contribution is 2.20. The number of aromatic nitrogens is 1. The van der Waals surface area contributed by atoms with E-state index in [2.05, 4.69) is 20.9 Å². The van der Waals surface area contributed by atoms with E-state index < -0.39 is 11.6 Å². The molecule has 1 aromatic heterocycles. The topological polar surface area (TPSA) is 48.1 Å². The molecule has 2 aromatic rings. The number of rotatable bonds is 3. The Balaban J connectivity index is 2.13. The van der Waals surface area contributed by atoms with Crippen molar-refractivity contribution in [3.63, 3.8) is 0 Å². The van der Waals surface area contributed by atoms with Gasteiger partial charge in [0.05, 0.1) is 0 Å². The second-order valence-electron chi connectivity index (χ2n) is 3.56. The molecule has 0 aliphatic heterocycles. The third-order valence-corrected chi connectivity index (χ3v) is 2.68. The third kappa shape index (κ3) is 2.95. The summed E-state index contributed by atoms with van der Waals surface area (Å²) in [6.45, 7) is 0.119. The molecular formula is C12H9BrF2N2O. The van der Waals surface area contributed by atoms with Gasteiger partial charge in [0.15, 0.2) is 17.5 Å². The summed E-state index contributed by atoms with van der Waals surface area (Å²) < 4.78 is 32.3. The maximum absolute atomic E-state index is 13.3. The van der Waals surface area contributed by atoms with E-state index in [1.165, 1.54) is 0 Å². The molecule has 0 amide bonds. The number of halogens is 3. The van der Waals surface area contributed by atoms with Gasteiger partial charge in [-0.15, -0.1) is 0 Å². The van der Waals surface area contributed by atoms with Gasteiger partial charge in [0, 0.05) is 10.5 Å². The second-order valence-corrected chi connectivity index (χ2v) is 4.48. The van der Waals surface area contributed by atoms with Crippen LogP contribution in [0.2, 0.25) is 0 Å². The molecule has 3 nitrogen and oxygen atoms in total. The molecule has 2 rings (SSSR count). The number of nitrogen functional groups attached to an aromatic ring is 1. The molecule has 0 aliphatic rings. The van der Waals surface area contributed by atoms with E-state index in [0.29, 0.717) is 6.07 Å². The fourth-order valence-electron chi connectivity index (χ4n) is 1.34. The van der Waals surface area contributed by atoms with Crippen LogP contribution in [0.15, 0.2) is 34.8 Å². The van der Waals surface area contributed by atoms with Crippen LogP contribution in [-0.2, 0) is 6.61 Å². The highest BCUT2D eigenvalue weighted by molar-refractivity contribution is 9.10. The van der Waals surface area contributed by atoms with Crippen molar-refractivity contribution in [2.75, 3.05) is 5.73 Å². The number of hydrogen-bond donors (Lipinski definition) is 1. The van der Waals surface area contributed by atoms with Crippen LogP contribution in [0.25, 0.3) is 0 Å². The van der Waals surface area contributed by atoms with Gasteiger partial charge in [-0.25, -0.2) is 8.78 Å². The number of pyridine rings is 1. The summed E-state index contributed by atoms with van der Waals surface area (Å²) in [6.07, 6.45) is 0. The summed E-state index contributed by atoms with van der Waals surface area (Å²) >= 11 is 3.31. The molecule has 6 heteroatoms. The number of anilines is 1. The molecule has 1 heterocycles. The van der Waals surface area contributed by atoms with Crippen LogP contribution < -0.4 is 10.5 Å². The van der Waals surface area contributed by atoms with Crippen LogP contribution in [0.5, 0.6) is 5.88 Å². The molecule has 0 bridgehead atoms. The quantitative estimate of drug-likeness (QED) is 0.945. The Morgan fingerprint density at radius 2 is 2.00 bits per heavy atom. The maximum atomic E-state index is 13.3. The van der Waals surface area contributed by atoms with Crippen molar-refractivity contribution in [1.29, 1.82) is 0 Å². The van der Waals surface area contributed by atoms with E-state index >= 15 is 0 Å². The van der Waals surface area contributed by atoms with E-state index in [4.69, 9.17) is 10.5 Å². The van der Waals surface area contributed by atoms with Crippen LogP contribution >= 0.6 is 15.9 Å². The fourth-order valence-corrected chi connectivity index (χ4v) is 1.79. The SMILES string of the molecule is Nc1nc(OCc2cccc(Br)c2)c(F)cc1F. The van der Waals surface area contributed by atoms with E-state index in [9.17, 15) is 8.78 Å². The van der Waals surface area contributed by atoms with Crippen molar-refractivity contribution in [2.24, 2.45) is 0 Å². The fraction of sp³-hybridized carbons (Fsp3) is 0.0833. The monoisotopic (exact) mass is 314 g/mol. The smallest absolute Gasteiger partial charge is 0.252 e. The van der Waals surface area contributed by atoms with Crippen LogP contribution in [0, 0.1) is 11.6 Å². The summed E-state index contributed by atoms with van der Waals surface area (Å²) in [4.78, 5) is 3.50. The van der Waals surface area contributed by atoms with Gasteiger partial charge in [-0.1, -0.05) is 28.1 Å². The Kier molecular flexibility index (Phi) is 3.76. The lowest BCUT2D eigenvalue weighted by Crippen LogP contribution is -2.03. The Bertz CT molecular complexity index is 578. The van der Waals surface area contributed by atoms with Crippen LogP contribution in [0.4, 0.5) is 14.6 Å². The first-order valence-corrected chi connectivity index (χ1v) is 5.84. The van der Waals surface area contributed by atoms with Gasteiger partial charge >= 0.3 is 0 Å². The van der Waals surface area contributed by atoms with Crippen molar-refractivity contribution in [3.8, 4) is 5.88 Å². The van der Waals surface area contributed by atoms with Gasteiger partial charge in [-0.3, -0.25) is 0 Å². The molecule has 0 fully saturated rings. The number of ether oxygens (including phenoxy) is 1. The normalized spacial score (nSPS) is 10.4. The maximum Gasteiger partial charge on any atom is 0.252 e.